The smallest absolute Gasteiger partial charge is 0.0675 e. The molecular formula is C17H18N2S. The molecule has 3 aromatic rings. The van der Waals surface area contributed by atoms with Gasteiger partial charge in [0.05, 0.1) is 6.04 Å². The van der Waals surface area contributed by atoms with Crippen LogP contribution >= 0.6 is 11.3 Å². The van der Waals surface area contributed by atoms with E-state index in [2.05, 4.69) is 53.6 Å². The Kier molecular flexibility index (Phi) is 3.81. The van der Waals surface area contributed by atoms with Crippen molar-refractivity contribution in [2.45, 2.75) is 19.4 Å². The summed E-state index contributed by atoms with van der Waals surface area (Å²) in [6, 6.07) is 13.2. The lowest BCUT2D eigenvalue weighted by Gasteiger charge is -2.17. The summed E-state index contributed by atoms with van der Waals surface area (Å²) in [6.07, 6.45) is 4.91. The fourth-order valence-corrected chi connectivity index (χ4v) is 3.66. The van der Waals surface area contributed by atoms with Crippen LogP contribution in [-0.2, 0) is 6.42 Å². The van der Waals surface area contributed by atoms with Gasteiger partial charge in [-0.3, -0.25) is 4.98 Å². The van der Waals surface area contributed by atoms with Gasteiger partial charge in [-0.15, -0.1) is 11.3 Å². The standard InChI is InChI=1S/C17H18N2S/c1-3-13-7-8-16(20-13)17(18-2)14-6-4-5-12-9-10-19-11-15(12)14/h4-11,17-18H,3H2,1-2H3. The maximum atomic E-state index is 4.28. The van der Waals surface area contributed by atoms with E-state index in [9.17, 15) is 0 Å². The molecule has 0 bridgehead atoms. The summed E-state index contributed by atoms with van der Waals surface area (Å²) >= 11 is 1.89. The van der Waals surface area contributed by atoms with Crippen molar-refractivity contribution in [2.75, 3.05) is 7.05 Å². The van der Waals surface area contributed by atoms with Crippen molar-refractivity contribution in [3.05, 3.63) is 64.1 Å². The maximum Gasteiger partial charge on any atom is 0.0675 e. The molecule has 3 rings (SSSR count). The Labute approximate surface area is 123 Å². The van der Waals surface area contributed by atoms with E-state index in [1.807, 2.05) is 30.8 Å². The van der Waals surface area contributed by atoms with Crippen molar-refractivity contribution in [3.63, 3.8) is 0 Å². The zero-order chi connectivity index (χ0) is 13.9. The molecule has 0 aliphatic rings. The summed E-state index contributed by atoms with van der Waals surface area (Å²) in [5.74, 6) is 0. The van der Waals surface area contributed by atoms with Gasteiger partial charge in [-0.25, -0.2) is 0 Å². The van der Waals surface area contributed by atoms with Gasteiger partial charge in [0.1, 0.15) is 0 Å². The molecule has 102 valence electrons. The van der Waals surface area contributed by atoms with E-state index in [4.69, 9.17) is 0 Å². The average molecular weight is 282 g/mol. The molecule has 0 fully saturated rings. The van der Waals surface area contributed by atoms with E-state index < -0.39 is 0 Å². The highest BCUT2D eigenvalue weighted by atomic mass is 32.1. The highest BCUT2D eigenvalue weighted by Gasteiger charge is 2.16. The second-order valence-electron chi connectivity index (χ2n) is 4.82. The quantitative estimate of drug-likeness (QED) is 0.777. The third kappa shape index (κ3) is 2.35. The minimum Gasteiger partial charge on any atom is -0.309 e. The maximum absolute atomic E-state index is 4.28. The van der Waals surface area contributed by atoms with Crippen LogP contribution in [0, 0.1) is 0 Å². The van der Waals surface area contributed by atoms with Crippen LogP contribution < -0.4 is 5.32 Å². The number of fused-ring (bicyclic) bond motifs is 1. The average Bonchev–Trinajstić information content (AvgIpc) is 2.97. The number of rotatable bonds is 4. The van der Waals surface area contributed by atoms with Gasteiger partial charge in [-0.1, -0.05) is 25.1 Å². The number of hydrogen-bond donors (Lipinski definition) is 1. The lowest BCUT2D eigenvalue weighted by atomic mass is 9.99. The third-order valence-corrected chi connectivity index (χ3v) is 4.93. The minimum atomic E-state index is 0.230. The molecule has 2 aromatic heterocycles. The summed E-state index contributed by atoms with van der Waals surface area (Å²) in [7, 11) is 2.02. The molecule has 20 heavy (non-hydrogen) atoms. The summed E-state index contributed by atoms with van der Waals surface area (Å²) < 4.78 is 0. The van der Waals surface area contributed by atoms with Crippen LogP contribution in [0.2, 0.25) is 0 Å². The molecular weight excluding hydrogens is 264 g/mol. The van der Waals surface area contributed by atoms with Crippen molar-refractivity contribution in [1.29, 1.82) is 0 Å². The largest absolute Gasteiger partial charge is 0.309 e. The topological polar surface area (TPSA) is 24.9 Å². The highest BCUT2D eigenvalue weighted by molar-refractivity contribution is 7.12. The van der Waals surface area contributed by atoms with Crippen LogP contribution in [-0.4, -0.2) is 12.0 Å². The van der Waals surface area contributed by atoms with Crippen LogP contribution in [0.5, 0.6) is 0 Å². The fraction of sp³-hybridized carbons (Fsp3) is 0.235. The summed E-state index contributed by atoms with van der Waals surface area (Å²) in [6.45, 7) is 2.20. The Morgan fingerprint density at radius 3 is 2.85 bits per heavy atom. The third-order valence-electron chi connectivity index (χ3n) is 3.63. The lowest BCUT2D eigenvalue weighted by molar-refractivity contribution is 0.709. The second kappa shape index (κ2) is 5.73. The number of aryl methyl sites for hydroxylation is 1. The fourth-order valence-electron chi connectivity index (χ4n) is 2.58. The molecule has 0 spiro atoms. The normalized spacial score (nSPS) is 12.7. The van der Waals surface area contributed by atoms with Gasteiger partial charge < -0.3 is 5.32 Å². The number of aromatic nitrogens is 1. The van der Waals surface area contributed by atoms with Crippen LogP contribution in [0.25, 0.3) is 10.8 Å². The van der Waals surface area contributed by atoms with Gasteiger partial charge in [0.2, 0.25) is 0 Å². The van der Waals surface area contributed by atoms with Crippen LogP contribution in [0.3, 0.4) is 0 Å². The zero-order valence-corrected chi connectivity index (χ0v) is 12.6. The second-order valence-corrected chi connectivity index (χ2v) is 6.02. The molecule has 0 radical (unpaired) electrons. The number of benzene rings is 1. The Balaban J connectivity index is 2.11. The minimum absolute atomic E-state index is 0.230. The van der Waals surface area contributed by atoms with Crippen molar-refractivity contribution in [2.24, 2.45) is 0 Å². The van der Waals surface area contributed by atoms with Crippen molar-refractivity contribution >= 4 is 22.1 Å². The summed E-state index contributed by atoms with van der Waals surface area (Å²) in [4.78, 5) is 7.07. The first kappa shape index (κ1) is 13.3. The first-order valence-electron chi connectivity index (χ1n) is 6.92. The Morgan fingerprint density at radius 2 is 2.10 bits per heavy atom. The molecule has 2 nitrogen and oxygen atoms in total. The molecule has 1 aromatic carbocycles. The molecule has 3 heteroatoms. The Bertz CT molecular complexity index is 712. The number of pyridine rings is 1. The molecule has 0 saturated carbocycles. The monoisotopic (exact) mass is 282 g/mol. The lowest BCUT2D eigenvalue weighted by Crippen LogP contribution is -2.16. The predicted molar refractivity (Wildman–Crippen MR) is 86.3 cm³/mol. The van der Waals surface area contributed by atoms with Crippen molar-refractivity contribution in [1.82, 2.24) is 10.3 Å². The highest BCUT2D eigenvalue weighted by Crippen LogP contribution is 2.32. The molecule has 1 N–H and O–H groups in total. The Hall–Kier alpha value is -1.71. The molecule has 0 aliphatic carbocycles. The summed E-state index contributed by atoms with van der Waals surface area (Å²) in [5.41, 5.74) is 1.29. The van der Waals surface area contributed by atoms with E-state index in [-0.39, 0.29) is 6.04 Å². The van der Waals surface area contributed by atoms with Gasteiger partial charge in [0, 0.05) is 27.5 Å². The van der Waals surface area contributed by atoms with Crippen LogP contribution in [0.15, 0.2) is 48.8 Å². The Morgan fingerprint density at radius 1 is 1.20 bits per heavy atom. The first-order valence-corrected chi connectivity index (χ1v) is 7.73. The van der Waals surface area contributed by atoms with Crippen molar-refractivity contribution < 1.29 is 0 Å². The molecule has 0 aliphatic heterocycles. The van der Waals surface area contributed by atoms with E-state index in [0.29, 0.717) is 0 Å². The molecule has 0 saturated heterocycles. The number of hydrogen-bond acceptors (Lipinski definition) is 3. The summed E-state index contributed by atoms with van der Waals surface area (Å²) in [5, 5.41) is 5.91. The van der Waals surface area contributed by atoms with Gasteiger partial charge in [0.15, 0.2) is 0 Å². The van der Waals surface area contributed by atoms with E-state index >= 15 is 0 Å². The van der Waals surface area contributed by atoms with E-state index in [1.54, 1.807) is 0 Å². The zero-order valence-electron chi connectivity index (χ0n) is 11.8. The van der Waals surface area contributed by atoms with Gasteiger partial charge in [0.25, 0.3) is 0 Å². The van der Waals surface area contributed by atoms with Crippen LogP contribution in [0.1, 0.15) is 28.3 Å². The van der Waals surface area contributed by atoms with Gasteiger partial charge in [-0.2, -0.15) is 0 Å². The number of thiophene rings is 1. The van der Waals surface area contributed by atoms with Gasteiger partial charge in [-0.05, 0) is 42.6 Å². The predicted octanol–water partition coefficient (Wildman–Crippen LogP) is 4.17. The van der Waals surface area contributed by atoms with E-state index in [1.165, 1.54) is 26.1 Å². The van der Waals surface area contributed by atoms with Crippen molar-refractivity contribution in [3.8, 4) is 0 Å². The van der Waals surface area contributed by atoms with Crippen LogP contribution in [0.4, 0.5) is 0 Å². The van der Waals surface area contributed by atoms with E-state index in [0.717, 1.165) is 6.42 Å². The molecule has 1 atom stereocenters. The van der Waals surface area contributed by atoms with Gasteiger partial charge >= 0.3 is 0 Å². The number of nitrogens with one attached hydrogen (secondary N) is 1. The SMILES string of the molecule is CCc1ccc(C(NC)c2cccc3ccncc23)s1. The molecule has 0 amide bonds. The molecule has 2 heterocycles. The number of nitrogens with zero attached hydrogens (tertiary/aromatic N) is 1. The first-order chi connectivity index (χ1) is 9.83. The molecule has 1 unspecified atom stereocenters.